The monoisotopic (exact) mass is 506 g/mol. The van der Waals surface area contributed by atoms with Crippen LogP contribution in [0.1, 0.15) is 23.0 Å². The van der Waals surface area contributed by atoms with Crippen molar-refractivity contribution in [3.8, 4) is 26.0 Å². The molecule has 4 aromatic rings. The lowest BCUT2D eigenvalue weighted by atomic mass is 10.1. The third-order valence-electron chi connectivity index (χ3n) is 4.86. The maximum Gasteiger partial charge on any atom is 0.272 e. The Labute approximate surface area is 203 Å². The molecule has 3 N–H and O–H groups in total. The highest BCUT2D eigenvalue weighted by atomic mass is 35.5. The lowest BCUT2D eigenvalue weighted by molar-refractivity contribution is 0.0621. The van der Waals surface area contributed by atoms with Crippen molar-refractivity contribution in [2.24, 2.45) is 5.90 Å². The molecule has 4 rings (SSSR count). The summed E-state index contributed by atoms with van der Waals surface area (Å²) in [6.07, 6.45) is -0.322. The molecule has 0 bridgehead atoms. The first-order valence-corrected chi connectivity index (χ1v) is 12.2. The van der Waals surface area contributed by atoms with E-state index in [4.69, 9.17) is 33.9 Å². The van der Waals surface area contributed by atoms with Crippen molar-refractivity contribution in [2.75, 3.05) is 6.54 Å². The molecule has 0 saturated heterocycles. The van der Waals surface area contributed by atoms with E-state index in [9.17, 15) is 4.79 Å². The quantitative estimate of drug-likeness (QED) is 0.303. The van der Waals surface area contributed by atoms with E-state index in [0.717, 1.165) is 21.0 Å². The summed E-state index contributed by atoms with van der Waals surface area (Å²) in [5.74, 6) is 4.87. The molecule has 0 fully saturated rings. The molecular formula is C22H20Cl2N4O2S2. The summed E-state index contributed by atoms with van der Waals surface area (Å²) in [6.45, 7) is 3.91. The summed E-state index contributed by atoms with van der Waals surface area (Å²) in [5.41, 5.74) is 2.49. The number of thiophene rings is 2. The molecule has 0 saturated carbocycles. The zero-order chi connectivity index (χ0) is 22.8. The zero-order valence-corrected chi connectivity index (χ0v) is 20.4. The molecule has 1 aromatic carbocycles. The Balaban J connectivity index is 1.82. The number of carbonyl (C=O) groups excluding carboxylic acids is 1. The van der Waals surface area contributed by atoms with Crippen molar-refractivity contribution >= 4 is 51.8 Å². The second-order valence-corrected chi connectivity index (χ2v) is 10.0. The van der Waals surface area contributed by atoms with E-state index in [0.29, 0.717) is 21.4 Å². The molecule has 0 aliphatic rings. The van der Waals surface area contributed by atoms with Crippen LogP contribution in [-0.4, -0.2) is 28.3 Å². The van der Waals surface area contributed by atoms with Gasteiger partial charge in [0.25, 0.3) is 5.91 Å². The summed E-state index contributed by atoms with van der Waals surface area (Å²) >= 11 is 15.9. The molecule has 166 valence electrons. The fraction of sp³-hybridized carbons (Fsp3) is 0.182. The first-order chi connectivity index (χ1) is 15.4. The van der Waals surface area contributed by atoms with Gasteiger partial charge in [-0.05, 0) is 55.6 Å². The number of nitrogens with two attached hydrogens (primary N) is 1. The highest BCUT2D eigenvalue weighted by Gasteiger charge is 2.24. The van der Waals surface area contributed by atoms with E-state index in [-0.39, 0.29) is 18.6 Å². The SMILES string of the molecule is Cc1c(C(=O)NCC(C)ON)nn(-c2ccc(Cl)cc2Cl)c1-c1ccc(-c2cccs2)s1. The lowest BCUT2D eigenvalue weighted by Gasteiger charge is -2.09. The lowest BCUT2D eigenvalue weighted by Crippen LogP contribution is -2.33. The number of nitrogens with zero attached hydrogens (tertiary/aromatic N) is 2. The normalized spacial score (nSPS) is 12.2. The molecule has 3 heterocycles. The fourth-order valence-electron chi connectivity index (χ4n) is 3.21. The van der Waals surface area contributed by atoms with Crippen LogP contribution in [0.15, 0.2) is 47.8 Å². The van der Waals surface area contributed by atoms with Crippen LogP contribution in [0.5, 0.6) is 0 Å². The Hall–Kier alpha value is -2.20. The molecule has 0 aliphatic carbocycles. The topological polar surface area (TPSA) is 82.2 Å². The van der Waals surface area contributed by atoms with Crippen LogP contribution in [0, 0.1) is 6.92 Å². The van der Waals surface area contributed by atoms with Crippen LogP contribution in [0.3, 0.4) is 0 Å². The van der Waals surface area contributed by atoms with Crippen molar-refractivity contribution in [1.29, 1.82) is 0 Å². The van der Waals surface area contributed by atoms with Gasteiger partial charge in [0.2, 0.25) is 0 Å². The molecule has 3 aromatic heterocycles. The molecular weight excluding hydrogens is 487 g/mol. The minimum Gasteiger partial charge on any atom is -0.348 e. The summed E-state index contributed by atoms with van der Waals surface area (Å²) in [5, 5.41) is 10.5. The van der Waals surface area contributed by atoms with Gasteiger partial charge in [0.15, 0.2) is 5.69 Å². The fourth-order valence-corrected chi connectivity index (χ4v) is 5.63. The van der Waals surface area contributed by atoms with Crippen molar-refractivity contribution in [2.45, 2.75) is 20.0 Å². The summed E-state index contributed by atoms with van der Waals surface area (Å²) in [4.78, 5) is 20.9. The molecule has 1 unspecified atom stereocenters. The Morgan fingerprint density at radius 3 is 2.69 bits per heavy atom. The number of benzene rings is 1. The second kappa shape index (κ2) is 9.74. The smallest absolute Gasteiger partial charge is 0.272 e. The van der Waals surface area contributed by atoms with E-state index < -0.39 is 0 Å². The molecule has 0 spiro atoms. The van der Waals surface area contributed by atoms with E-state index in [1.807, 2.05) is 24.4 Å². The number of aromatic nitrogens is 2. The van der Waals surface area contributed by atoms with Crippen molar-refractivity contribution < 1.29 is 9.63 Å². The molecule has 0 aliphatic heterocycles. The van der Waals surface area contributed by atoms with Gasteiger partial charge in [0, 0.05) is 26.9 Å². The standard InChI is InChI=1S/C22H20Cl2N4O2S2/c1-12(30-25)11-26-22(29)20-13(2)21(19-8-7-18(32-19)17-4-3-9-31-17)28(27-20)16-6-5-14(23)10-15(16)24/h3-10,12H,11,25H2,1-2H3,(H,26,29). The van der Waals surface area contributed by atoms with Gasteiger partial charge in [-0.2, -0.15) is 5.10 Å². The van der Waals surface area contributed by atoms with Crippen LogP contribution in [-0.2, 0) is 4.84 Å². The number of halogens is 2. The molecule has 1 atom stereocenters. The van der Waals surface area contributed by atoms with Crippen LogP contribution in [0.2, 0.25) is 10.0 Å². The van der Waals surface area contributed by atoms with Gasteiger partial charge in [-0.1, -0.05) is 29.3 Å². The predicted molar refractivity (Wildman–Crippen MR) is 132 cm³/mol. The third kappa shape index (κ3) is 4.61. The zero-order valence-electron chi connectivity index (χ0n) is 17.3. The minimum atomic E-state index is -0.322. The average Bonchev–Trinajstić information content (AvgIpc) is 3.51. The van der Waals surface area contributed by atoms with Crippen LogP contribution >= 0.6 is 45.9 Å². The third-order valence-corrected chi connectivity index (χ3v) is 7.56. The summed E-state index contributed by atoms with van der Waals surface area (Å²) in [7, 11) is 0. The second-order valence-electron chi connectivity index (χ2n) is 7.13. The average molecular weight is 507 g/mol. The number of nitrogens with one attached hydrogen (secondary N) is 1. The first-order valence-electron chi connectivity index (χ1n) is 9.72. The van der Waals surface area contributed by atoms with Gasteiger partial charge in [0.05, 0.1) is 27.4 Å². The Morgan fingerprint density at radius 2 is 2.00 bits per heavy atom. The van der Waals surface area contributed by atoms with Gasteiger partial charge < -0.3 is 5.32 Å². The van der Waals surface area contributed by atoms with Gasteiger partial charge in [0.1, 0.15) is 0 Å². The number of hydrogen-bond acceptors (Lipinski definition) is 6. The van der Waals surface area contributed by atoms with Crippen molar-refractivity contribution in [1.82, 2.24) is 15.1 Å². The van der Waals surface area contributed by atoms with E-state index in [2.05, 4.69) is 22.5 Å². The molecule has 0 radical (unpaired) electrons. The number of rotatable bonds is 7. The van der Waals surface area contributed by atoms with Crippen LogP contribution in [0.25, 0.3) is 26.0 Å². The van der Waals surface area contributed by atoms with Gasteiger partial charge in [-0.3, -0.25) is 9.63 Å². The van der Waals surface area contributed by atoms with Crippen LogP contribution < -0.4 is 11.2 Å². The summed E-state index contributed by atoms with van der Waals surface area (Å²) < 4.78 is 1.70. The minimum absolute atomic E-state index is 0.264. The Morgan fingerprint density at radius 1 is 1.22 bits per heavy atom. The highest BCUT2D eigenvalue weighted by Crippen LogP contribution is 2.40. The summed E-state index contributed by atoms with van der Waals surface area (Å²) in [6, 6.07) is 13.4. The first kappa shape index (κ1) is 23.0. The van der Waals surface area contributed by atoms with Crippen molar-refractivity contribution in [3.63, 3.8) is 0 Å². The van der Waals surface area contributed by atoms with Gasteiger partial charge in [-0.25, -0.2) is 10.6 Å². The van der Waals surface area contributed by atoms with Gasteiger partial charge in [-0.15, -0.1) is 22.7 Å². The molecule has 32 heavy (non-hydrogen) atoms. The Bertz CT molecular complexity index is 1250. The predicted octanol–water partition coefficient (Wildman–Crippen LogP) is 5.95. The Kier molecular flexibility index (Phi) is 6.99. The van der Waals surface area contributed by atoms with E-state index >= 15 is 0 Å². The largest absolute Gasteiger partial charge is 0.348 e. The molecule has 6 nitrogen and oxygen atoms in total. The maximum absolute atomic E-state index is 12.9. The number of carbonyl (C=O) groups is 1. The molecule has 1 amide bonds. The van der Waals surface area contributed by atoms with Crippen molar-refractivity contribution in [3.05, 3.63) is 69.1 Å². The van der Waals surface area contributed by atoms with E-state index in [1.54, 1.807) is 52.5 Å². The maximum atomic E-state index is 12.9. The molecule has 10 heteroatoms. The highest BCUT2D eigenvalue weighted by molar-refractivity contribution is 7.23. The number of hydrogen-bond donors (Lipinski definition) is 2. The van der Waals surface area contributed by atoms with E-state index in [1.165, 1.54) is 4.88 Å². The van der Waals surface area contributed by atoms with Gasteiger partial charge >= 0.3 is 0 Å². The van der Waals surface area contributed by atoms with Crippen LogP contribution in [0.4, 0.5) is 0 Å². The number of amides is 1.